The average molecular weight is 217 g/mol. The van der Waals surface area contributed by atoms with Crippen LogP contribution < -0.4 is 0 Å². The van der Waals surface area contributed by atoms with Crippen molar-refractivity contribution in [1.82, 2.24) is 4.90 Å². The van der Waals surface area contributed by atoms with E-state index in [9.17, 15) is 13.2 Å². The largest absolute Gasteiger partial charge is 0.478 e. The maximum Gasteiger partial charge on any atom is 0.329 e. The third kappa shape index (κ3) is 1.50. The Morgan fingerprint density at radius 2 is 2.21 bits per heavy atom. The van der Waals surface area contributed by atoms with E-state index in [1.807, 2.05) is 0 Å². The van der Waals surface area contributed by atoms with Crippen molar-refractivity contribution in [2.45, 2.75) is 17.7 Å². The number of sulfone groups is 1. The van der Waals surface area contributed by atoms with Crippen LogP contribution in [0.25, 0.3) is 0 Å². The van der Waals surface area contributed by atoms with Gasteiger partial charge >= 0.3 is 5.97 Å². The van der Waals surface area contributed by atoms with Gasteiger partial charge in [0, 0.05) is 24.9 Å². The first kappa shape index (κ1) is 9.51. The molecule has 78 valence electrons. The molecule has 2 aliphatic heterocycles. The summed E-state index contributed by atoms with van der Waals surface area (Å²) in [5.41, 5.74) is 0. The van der Waals surface area contributed by atoms with Crippen molar-refractivity contribution in [3.63, 3.8) is 0 Å². The lowest BCUT2D eigenvalue weighted by Crippen LogP contribution is -2.37. The first-order valence-corrected chi connectivity index (χ1v) is 6.09. The van der Waals surface area contributed by atoms with Crippen molar-refractivity contribution < 1.29 is 18.3 Å². The van der Waals surface area contributed by atoms with E-state index >= 15 is 0 Å². The maximum absolute atomic E-state index is 11.3. The van der Waals surface area contributed by atoms with Crippen LogP contribution in [-0.4, -0.2) is 48.0 Å². The summed E-state index contributed by atoms with van der Waals surface area (Å²) in [5.74, 6) is -0.836. The molecule has 0 aromatic carbocycles. The number of nitrogens with zero attached hydrogens (tertiary/aromatic N) is 1. The molecule has 1 N–H and O–H groups in total. The Kier molecular flexibility index (Phi) is 2.02. The summed E-state index contributed by atoms with van der Waals surface area (Å²) < 4.78 is 22.7. The molecule has 5 nitrogen and oxygen atoms in total. The molecule has 0 amide bonds. The van der Waals surface area contributed by atoms with Gasteiger partial charge in [-0.15, -0.1) is 0 Å². The number of carbonyl (C=O) groups is 1. The number of aliphatic carboxylic acids is 1. The van der Waals surface area contributed by atoms with Crippen LogP contribution in [-0.2, 0) is 14.6 Å². The second kappa shape index (κ2) is 2.98. The van der Waals surface area contributed by atoms with Gasteiger partial charge in [0.05, 0.1) is 11.0 Å². The molecule has 0 spiro atoms. The third-order valence-electron chi connectivity index (χ3n) is 2.76. The zero-order chi connectivity index (χ0) is 10.3. The van der Waals surface area contributed by atoms with Crippen molar-refractivity contribution >= 4 is 15.8 Å². The summed E-state index contributed by atoms with van der Waals surface area (Å²) in [6.07, 6.45) is 3.17. The van der Waals surface area contributed by atoms with Crippen LogP contribution in [0.1, 0.15) is 6.42 Å². The van der Waals surface area contributed by atoms with Gasteiger partial charge in [-0.3, -0.25) is 0 Å². The van der Waals surface area contributed by atoms with Crippen LogP contribution in [0.4, 0.5) is 0 Å². The average Bonchev–Trinajstić information content (AvgIpc) is 2.55. The Balaban J connectivity index is 2.07. The van der Waals surface area contributed by atoms with Gasteiger partial charge in [0.25, 0.3) is 0 Å². The van der Waals surface area contributed by atoms with Gasteiger partial charge in [-0.05, 0) is 6.42 Å². The summed E-state index contributed by atoms with van der Waals surface area (Å²) in [6.45, 7) is 0.441. The second-order valence-electron chi connectivity index (χ2n) is 3.69. The van der Waals surface area contributed by atoms with Gasteiger partial charge < -0.3 is 10.0 Å². The normalized spacial score (nSPS) is 34.1. The van der Waals surface area contributed by atoms with Gasteiger partial charge in [-0.1, -0.05) is 0 Å². The van der Waals surface area contributed by atoms with Gasteiger partial charge in [0.2, 0.25) is 0 Å². The number of fused-ring (bicyclic) bond motifs is 2. The summed E-state index contributed by atoms with van der Waals surface area (Å²) in [7, 11) is -2.88. The Labute approximate surface area is 81.9 Å². The van der Waals surface area contributed by atoms with E-state index in [2.05, 4.69) is 0 Å². The highest BCUT2D eigenvalue weighted by molar-refractivity contribution is 7.92. The molecular formula is C8H11NO4S. The van der Waals surface area contributed by atoms with Crippen LogP contribution in [0, 0.1) is 0 Å². The van der Waals surface area contributed by atoms with E-state index in [1.54, 1.807) is 4.90 Å². The minimum Gasteiger partial charge on any atom is -0.478 e. The molecule has 2 rings (SSSR count). The highest BCUT2D eigenvalue weighted by Gasteiger charge is 2.47. The Morgan fingerprint density at radius 1 is 1.50 bits per heavy atom. The SMILES string of the molecule is O=C(O)/C=C/N1CC2CC1CS2(=O)=O. The van der Waals surface area contributed by atoms with E-state index in [4.69, 9.17) is 5.11 Å². The lowest BCUT2D eigenvalue weighted by atomic mass is 10.2. The van der Waals surface area contributed by atoms with Crippen LogP contribution >= 0.6 is 0 Å². The molecule has 0 aromatic heterocycles. The fourth-order valence-electron chi connectivity index (χ4n) is 2.07. The van der Waals surface area contributed by atoms with E-state index < -0.39 is 15.8 Å². The van der Waals surface area contributed by atoms with E-state index in [-0.39, 0.29) is 17.0 Å². The van der Waals surface area contributed by atoms with Gasteiger partial charge in [0.15, 0.2) is 9.84 Å². The zero-order valence-electron chi connectivity index (χ0n) is 7.46. The number of hydrogen-bond donors (Lipinski definition) is 1. The molecule has 0 aliphatic carbocycles. The minimum absolute atomic E-state index is 0.0133. The van der Waals surface area contributed by atoms with Gasteiger partial charge in [0.1, 0.15) is 0 Å². The summed E-state index contributed by atoms with van der Waals surface area (Å²) in [6, 6.07) is -0.0133. The minimum atomic E-state index is -2.88. The van der Waals surface area contributed by atoms with Crippen molar-refractivity contribution in [1.29, 1.82) is 0 Å². The summed E-state index contributed by atoms with van der Waals surface area (Å²) in [4.78, 5) is 12.1. The Hall–Kier alpha value is -1.04. The number of carboxylic acids is 1. The maximum atomic E-state index is 11.3. The lowest BCUT2D eigenvalue weighted by Gasteiger charge is -2.24. The van der Waals surface area contributed by atoms with E-state index in [1.165, 1.54) is 6.20 Å². The predicted octanol–water partition coefficient (Wildman–Crippen LogP) is -0.544. The molecule has 0 aromatic rings. The number of rotatable bonds is 2. The number of carboxylic acid groups (broad SMARTS) is 1. The molecule has 6 heteroatoms. The van der Waals surface area contributed by atoms with Crippen LogP contribution in [0.5, 0.6) is 0 Å². The Bertz CT molecular complexity index is 386. The van der Waals surface area contributed by atoms with Crippen LogP contribution in [0.15, 0.2) is 12.3 Å². The topological polar surface area (TPSA) is 74.7 Å². The zero-order valence-corrected chi connectivity index (χ0v) is 8.27. The standard InChI is InChI=1S/C8H11NO4S/c10-8(11)1-2-9-4-7-3-6(9)5-14(7,12)13/h1-2,6-7H,3-5H2,(H,10,11)/b2-1+. The monoisotopic (exact) mass is 217 g/mol. The quantitative estimate of drug-likeness (QED) is 0.628. The van der Waals surface area contributed by atoms with E-state index in [0.29, 0.717) is 13.0 Å². The summed E-state index contributed by atoms with van der Waals surface area (Å²) in [5, 5.41) is 8.13. The Morgan fingerprint density at radius 3 is 2.64 bits per heavy atom. The van der Waals surface area contributed by atoms with Crippen LogP contribution in [0.3, 0.4) is 0 Å². The van der Waals surface area contributed by atoms with Crippen molar-refractivity contribution in [2.75, 3.05) is 12.3 Å². The van der Waals surface area contributed by atoms with Gasteiger partial charge in [-0.25, -0.2) is 13.2 Å². The summed E-state index contributed by atoms with van der Waals surface area (Å²) >= 11 is 0. The highest BCUT2D eigenvalue weighted by Crippen LogP contribution is 2.32. The molecule has 0 radical (unpaired) electrons. The lowest BCUT2D eigenvalue weighted by molar-refractivity contribution is -0.131. The molecule has 0 saturated carbocycles. The predicted molar refractivity (Wildman–Crippen MR) is 49.5 cm³/mol. The molecule has 2 unspecified atom stereocenters. The smallest absolute Gasteiger partial charge is 0.329 e. The molecule has 2 saturated heterocycles. The first-order valence-electron chi connectivity index (χ1n) is 4.37. The fraction of sp³-hybridized carbons (Fsp3) is 0.625. The van der Waals surface area contributed by atoms with Crippen molar-refractivity contribution in [2.24, 2.45) is 0 Å². The first-order chi connectivity index (χ1) is 6.49. The molecule has 2 bridgehead atoms. The molecule has 14 heavy (non-hydrogen) atoms. The fourth-order valence-corrected chi connectivity index (χ4v) is 4.12. The second-order valence-corrected chi connectivity index (χ2v) is 6.02. The molecule has 2 fully saturated rings. The molecule has 2 aliphatic rings. The third-order valence-corrected chi connectivity index (χ3v) is 4.97. The van der Waals surface area contributed by atoms with Crippen LogP contribution in [0.2, 0.25) is 0 Å². The highest BCUT2D eigenvalue weighted by atomic mass is 32.2. The van der Waals surface area contributed by atoms with Crippen molar-refractivity contribution in [3.05, 3.63) is 12.3 Å². The molecule has 2 heterocycles. The van der Waals surface area contributed by atoms with Gasteiger partial charge in [-0.2, -0.15) is 0 Å². The van der Waals surface area contributed by atoms with E-state index in [0.717, 1.165) is 6.08 Å². The number of hydrogen-bond acceptors (Lipinski definition) is 4. The van der Waals surface area contributed by atoms with Crippen molar-refractivity contribution in [3.8, 4) is 0 Å². The molecule has 2 atom stereocenters. The molecular weight excluding hydrogens is 206 g/mol. The number of likely N-dealkylation sites (tertiary alicyclic amines) is 1.